The number of para-hydroxylation sites is 2. The Morgan fingerprint density at radius 3 is 2.38 bits per heavy atom. The van der Waals surface area contributed by atoms with Gasteiger partial charge in [0.1, 0.15) is 11.2 Å². The molecule has 1 N–H and O–H groups in total. The third-order valence-electron chi connectivity index (χ3n) is 3.98. The molecule has 0 aliphatic rings. The van der Waals surface area contributed by atoms with Gasteiger partial charge in [0.15, 0.2) is 4.90 Å². The van der Waals surface area contributed by atoms with Crippen LogP contribution in [0, 0.1) is 10.1 Å². The van der Waals surface area contributed by atoms with Gasteiger partial charge in [-0.15, -0.1) is 0 Å². The summed E-state index contributed by atoms with van der Waals surface area (Å²) in [4.78, 5) is 9.97. The van der Waals surface area contributed by atoms with Crippen molar-refractivity contribution in [3.8, 4) is 0 Å². The first kappa shape index (κ1) is 16.1. The van der Waals surface area contributed by atoms with Crippen LogP contribution in [0.5, 0.6) is 0 Å². The minimum atomic E-state index is -4.12. The molecule has 7 nitrogen and oxygen atoms in total. The van der Waals surface area contributed by atoms with Gasteiger partial charge in [-0.25, -0.2) is 8.42 Å². The monoisotopic (exact) mass is 368 g/mol. The van der Waals surface area contributed by atoms with E-state index in [0.717, 1.165) is 16.8 Å². The number of hydrogen-bond donors (Lipinski definition) is 1. The number of nitro groups is 1. The summed E-state index contributed by atoms with van der Waals surface area (Å²) >= 11 is 0. The zero-order chi connectivity index (χ0) is 18.3. The minimum absolute atomic E-state index is 0.259. The van der Waals surface area contributed by atoms with Crippen molar-refractivity contribution in [1.82, 2.24) is 0 Å². The highest BCUT2D eigenvalue weighted by Gasteiger charge is 2.25. The maximum Gasteiger partial charge on any atom is 0.289 e. The summed E-state index contributed by atoms with van der Waals surface area (Å²) in [7, 11) is -4.12. The first-order chi connectivity index (χ1) is 12.5. The number of benzene rings is 3. The van der Waals surface area contributed by atoms with E-state index in [9.17, 15) is 18.5 Å². The molecule has 0 spiro atoms. The predicted octanol–water partition coefficient (Wildman–Crippen LogP) is 4.30. The van der Waals surface area contributed by atoms with E-state index in [-0.39, 0.29) is 5.69 Å². The molecule has 0 radical (unpaired) electrons. The van der Waals surface area contributed by atoms with Crippen molar-refractivity contribution in [2.45, 2.75) is 4.90 Å². The van der Waals surface area contributed by atoms with Crippen LogP contribution in [-0.2, 0) is 10.0 Å². The van der Waals surface area contributed by atoms with Gasteiger partial charge in [-0.2, -0.15) is 0 Å². The van der Waals surface area contributed by atoms with Gasteiger partial charge in [-0.3, -0.25) is 14.8 Å². The van der Waals surface area contributed by atoms with Gasteiger partial charge in [0, 0.05) is 22.9 Å². The van der Waals surface area contributed by atoms with E-state index in [4.69, 9.17) is 4.42 Å². The van der Waals surface area contributed by atoms with Gasteiger partial charge in [0.2, 0.25) is 0 Å². The zero-order valence-electron chi connectivity index (χ0n) is 13.2. The Kier molecular flexibility index (Phi) is 3.62. The van der Waals surface area contributed by atoms with Crippen LogP contribution in [0.4, 0.5) is 11.4 Å². The van der Waals surface area contributed by atoms with Gasteiger partial charge < -0.3 is 4.42 Å². The van der Waals surface area contributed by atoms with Gasteiger partial charge in [0.25, 0.3) is 15.7 Å². The number of fused-ring (bicyclic) bond motifs is 3. The molecule has 0 bridgehead atoms. The number of hydrogen-bond acceptors (Lipinski definition) is 5. The quantitative estimate of drug-likeness (QED) is 0.427. The molecular formula is C18H12N2O5S. The fourth-order valence-corrected chi connectivity index (χ4v) is 4.06. The number of rotatable bonds is 4. The van der Waals surface area contributed by atoms with Gasteiger partial charge >= 0.3 is 0 Å². The standard InChI is InChI=1S/C18H12N2O5S/c21-20(22)15-6-2-4-8-18(15)26(23,24)19-12-9-10-14-13-5-1-3-7-16(13)25-17(14)11-12/h1-11,19H. The number of furan rings is 1. The first-order valence-electron chi connectivity index (χ1n) is 7.63. The maximum absolute atomic E-state index is 12.6. The summed E-state index contributed by atoms with van der Waals surface area (Å²) in [5.41, 5.74) is 0.995. The third kappa shape index (κ3) is 2.66. The summed E-state index contributed by atoms with van der Waals surface area (Å²) in [5.74, 6) is 0. The lowest BCUT2D eigenvalue weighted by molar-refractivity contribution is -0.387. The Bertz CT molecular complexity index is 1260. The largest absolute Gasteiger partial charge is 0.456 e. The average molecular weight is 368 g/mol. The first-order valence-corrected chi connectivity index (χ1v) is 9.11. The molecule has 3 aromatic carbocycles. The van der Waals surface area contributed by atoms with E-state index in [1.165, 1.54) is 18.2 Å². The zero-order valence-corrected chi connectivity index (χ0v) is 14.1. The van der Waals surface area contributed by atoms with E-state index in [0.29, 0.717) is 11.2 Å². The number of sulfonamides is 1. The fourth-order valence-electron chi connectivity index (χ4n) is 2.83. The Hall–Kier alpha value is -3.39. The fraction of sp³-hybridized carbons (Fsp3) is 0. The highest BCUT2D eigenvalue weighted by atomic mass is 32.2. The lowest BCUT2D eigenvalue weighted by Gasteiger charge is -2.08. The summed E-state index contributed by atoms with van der Waals surface area (Å²) in [6.07, 6.45) is 0. The normalized spacial score (nSPS) is 11.7. The van der Waals surface area contributed by atoms with E-state index in [1.54, 1.807) is 18.2 Å². The summed E-state index contributed by atoms with van der Waals surface area (Å²) in [5, 5.41) is 12.9. The Morgan fingerprint density at radius 1 is 0.885 bits per heavy atom. The predicted molar refractivity (Wildman–Crippen MR) is 97.6 cm³/mol. The van der Waals surface area contributed by atoms with Crippen molar-refractivity contribution >= 4 is 43.3 Å². The van der Waals surface area contributed by atoms with Crippen molar-refractivity contribution in [3.05, 3.63) is 76.8 Å². The van der Waals surface area contributed by atoms with Crippen LogP contribution in [0.15, 0.2) is 76.0 Å². The molecule has 0 aliphatic heterocycles. The van der Waals surface area contributed by atoms with Crippen LogP contribution in [0.1, 0.15) is 0 Å². The highest BCUT2D eigenvalue weighted by Crippen LogP contribution is 2.31. The summed E-state index contributed by atoms with van der Waals surface area (Å²) in [6, 6.07) is 17.6. The molecule has 0 saturated heterocycles. The Morgan fingerprint density at radius 2 is 1.58 bits per heavy atom. The second kappa shape index (κ2) is 5.85. The van der Waals surface area contributed by atoms with Crippen LogP contribution in [0.2, 0.25) is 0 Å². The Balaban J connectivity index is 1.77. The van der Waals surface area contributed by atoms with Crippen molar-refractivity contribution in [1.29, 1.82) is 0 Å². The summed E-state index contributed by atoms with van der Waals surface area (Å²) in [6.45, 7) is 0. The smallest absolute Gasteiger partial charge is 0.289 e. The van der Waals surface area contributed by atoms with E-state index < -0.39 is 25.5 Å². The van der Waals surface area contributed by atoms with Crippen molar-refractivity contribution in [2.75, 3.05) is 4.72 Å². The lowest BCUT2D eigenvalue weighted by atomic mass is 10.1. The molecule has 0 aliphatic carbocycles. The maximum atomic E-state index is 12.6. The highest BCUT2D eigenvalue weighted by molar-refractivity contribution is 7.92. The SMILES string of the molecule is O=[N+]([O-])c1ccccc1S(=O)(=O)Nc1ccc2c(c1)oc1ccccc12. The molecule has 0 saturated carbocycles. The molecule has 0 amide bonds. The molecule has 4 aromatic rings. The molecule has 0 atom stereocenters. The molecule has 26 heavy (non-hydrogen) atoms. The lowest BCUT2D eigenvalue weighted by Crippen LogP contribution is -2.14. The van der Waals surface area contributed by atoms with Gasteiger partial charge in [-0.1, -0.05) is 30.3 Å². The van der Waals surface area contributed by atoms with Crippen molar-refractivity contribution in [3.63, 3.8) is 0 Å². The van der Waals surface area contributed by atoms with Crippen LogP contribution in [0.3, 0.4) is 0 Å². The Labute approximate surface area is 148 Å². The molecule has 8 heteroatoms. The number of nitrogens with zero attached hydrogens (tertiary/aromatic N) is 1. The van der Waals surface area contributed by atoms with E-state index in [2.05, 4.69) is 4.72 Å². The third-order valence-corrected chi connectivity index (χ3v) is 5.41. The number of nitro benzene ring substituents is 1. The minimum Gasteiger partial charge on any atom is -0.456 e. The van der Waals surface area contributed by atoms with Gasteiger partial charge in [0.05, 0.1) is 10.6 Å². The summed E-state index contributed by atoms with van der Waals surface area (Å²) < 4.78 is 33.3. The molecule has 0 fully saturated rings. The van der Waals surface area contributed by atoms with Crippen LogP contribution in [-0.4, -0.2) is 13.3 Å². The number of anilines is 1. The van der Waals surface area contributed by atoms with Crippen molar-refractivity contribution in [2.24, 2.45) is 0 Å². The molecule has 1 aromatic heterocycles. The van der Waals surface area contributed by atoms with Crippen molar-refractivity contribution < 1.29 is 17.8 Å². The second-order valence-corrected chi connectivity index (χ2v) is 7.29. The van der Waals surface area contributed by atoms with Gasteiger partial charge in [-0.05, 0) is 24.3 Å². The molecule has 1 heterocycles. The van der Waals surface area contributed by atoms with Crippen LogP contribution in [0.25, 0.3) is 21.9 Å². The van der Waals surface area contributed by atoms with E-state index in [1.807, 2.05) is 24.3 Å². The molecule has 0 unspecified atom stereocenters. The second-order valence-electron chi connectivity index (χ2n) is 5.64. The van der Waals surface area contributed by atoms with E-state index >= 15 is 0 Å². The molecule has 130 valence electrons. The average Bonchev–Trinajstić information content (AvgIpc) is 2.99. The van der Waals surface area contributed by atoms with Crippen LogP contribution < -0.4 is 4.72 Å². The topological polar surface area (TPSA) is 102 Å². The molecule has 4 rings (SSSR count). The molecular weight excluding hydrogens is 356 g/mol. The van der Waals surface area contributed by atoms with Crippen LogP contribution >= 0.6 is 0 Å². The number of nitrogens with one attached hydrogen (secondary N) is 1.